The van der Waals surface area contributed by atoms with Crippen LogP contribution in [0, 0.1) is 0 Å². The number of allylic oxidation sites excluding steroid dienone is 6. The van der Waals surface area contributed by atoms with E-state index in [0.717, 1.165) is 48.2 Å². The summed E-state index contributed by atoms with van der Waals surface area (Å²) in [5.41, 5.74) is 12.0. The highest BCUT2D eigenvalue weighted by atomic mass is 14.7. The van der Waals surface area contributed by atoms with E-state index < -0.39 is 0 Å². The third-order valence-corrected chi connectivity index (χ3v) is 8.73. The fraction of sp³-hybridized carbons (Fsp3) is 0.171. The van der Waals surface area contributed by atoms with Crippen LogP contribution < -0.4 is 0 Å². The molecule has 0 saturated heterocycles. The van der Waals surface area contributed by atoms with Crippen LogP contribution in [0.1, 0.15) is 51.0 Å². The number of pyridine rings is 1. The molecule has 210 valence electrons. The second-order valence-corrected chi connectivity index (χ2v) is 11.6. The summed E-state index contributed by atoms with van der Waals surface area (Å²) in [5.74, 6) is 0.271. The fourth-order valence-electron chi connectivity index (χ4n) is 6.41. The van der Waals surface area contributed by atoms with Crippen molar-refractivity contribution >= 4 is 27.9 Å². The van der Waals surface area contributed by atoms with E-state index in [9.17, 15) is 0 Å². The van der Waals surface area contributed by atoms with Crippen molar-refractivity contribution in [2.75, 3.05) is 0 Å². The molecule has 0 saturated carbocycles. The lowest BCUT2D eigenvalue weighted by Crippen LogP contribution is -2.06. The lowest BCUT2D eigenvalue weighted by molar-refractivity contribution is 0.848. The monoisotopic (exact) mass is 556 g/mol. The van der Waals surface area contributed by atoms with E-state index in [1.165, 1.54) is 49.6 Å². The van der Waals surface area contributed by atoms with Crippen molar-refractivity contribution in [3.05, 3.63) is 149 Å². The largest absolute Gasteiger partial charge is 0.261 e. The zero-order valence-electron chi connectivity index (χ0n) is 24.9. The fourth-order valence-corrected chi connectivity index (χ4v) is 6.41. The molecule has 1 unspecified atom stereocenters. The van der Waals surface area contributed by atoms with Gasteiger partial charge in [0.15, 0.2) is 0 Å². The minimum Gasteiger partial charge on any atom is -0.261 e. The number of nitrogens with zero attached hydrogens (tertiary/aromatic N) is 2. The van der Waals surface area contributed by atoms with Crippen molar-refractivity contribution in [3.8, 4) is 22.4 Å². The molecule has 2 nitrogen and oxygen atoms in total. The van der Waals surface area contributed by atoms with Crippen molar-refractivity contribution in [3.63, 3.8) is 0 Å². The van der Waals surface area contributed by atoms with Gasteiger partial charge < -0.3 is 0 Å². The smallest absolute Gasteiger partial charge is 0.0718 e. The van der Waals surface area contributed by atoms with Crippen LogP contribution in [0.25, 0.3) is 44.1 Å². The molecule has 1 aromatic heterocycles. The maximum absolute atomic E-state index is 5.26. The van der Waals surface area contributed by atoms with E-state index in [4.69, 9.17) is 9.98 Å². The third kappa shape index (κ3) is 5.42. The van der Waals surface area contributed by atoms with Crippen LogP contribution in [0.4, 0.5) is 0 Å². The summed E-state index contributed by atoms with van der Waals surface area (Å²) in [4.78, 5) is 10.1. The SMILES string of the molecule is CCC=NC1=C(C)CCC=C1C1=CCC(c2cc(-c3ccc4ccccc4c3)nc3cc(-c4ccccc4)ccc23)C=C1. The molecule has 0 bridgehead atoms. The minimum atomic E-state index is 0.271. The lowest BCUT2D eigenvalue weighted by Gasteiger charge is -2.23. The summed E-state index contributed by atoms with van der Waals surface area (Å²) in [6.07, 6.45) is 15.6. The van der Waals surface area contributed by atoms with E-state index in [-0.39, 0.29) is 5.92 Å². The Morgan fingerprint density at radius 2 is 1.63 bits per heavy atom. The first kappa shape index (κ1) is 27.0. The van der Waals surface area contributed by atoms with Crippen molar-refractivity contribution in [2.45, 2.75) is 45.4 Å². The molecular weight excluding hydrogens is 520 g/mol. The van der Waals surface area contributed by atoms with E-state index in [0.29, 0.717) is 0 Å². The molecule has 2 aliphatic rings. The highest BCUT2D eigenvalue weighted by molar-refractivity contribution is 5.92. The van der Waals surface area contributed by atoms with Gasteiger partial charge in [-0.25, -0.2) is 4.98 Å². The van der Waals surface area contributed by atoms with Crippen molar-refractivity contribution in [1.82, 2.24) is 4.98 Å². The molecule has 2 heteroatoms. The Morgan fingerprint density at radius 3 is 2.44 bits per heavy atom. The first-order valence-corrected chi connectivity index (χ1v) is 15.5. The first-order chi connectivity index (χ1) is 21.2. The highest BCUT2D eigenvalue weighted by Crippen LogP contribution is 2.39. The van der Waals surface area contributed by atoms with Crippen LogP contribution in [0.3, 0.4) is 0 Å². The van der Waals surface area contributed by atoms with Gasteiger partial charge in [-0.2, -0.15) is 0 Å². The molecule has 0 fully saturated rings. The summed E-state index contributed by atoms with van der Waals surface area (Å²) < 4.78 is 0. The van der Waals surface area contributed by atoms with Crippen LogP contribution in [0.2, 0.25) is 0 Å². The van der Waals surface area contributed by atoms with Gasteiger partial charge in [0, 0.05) is 28.7 Å². The summed E-state index contributed by atoms with van der Waals surface area (Å²) in [6.45, 7) is 4.37. The Hall–Kier alpha value is -4.82. The quantitative estimate of drug-likeness (QED) is 0.191. The number of hydrogen-bond acceptors (Lipinski definition) is 2. The second kappa shape index (κ2) is 11.8. The maximum Gasteiger partial charge on any atom is 0.0718 e. The molecule has 5 aromatic rings. The minimum absolute atomic E-state index is 0.271. The Morgan fingerprint density at radius 1 is 0.814 bits per heavy atom. The third-order valence-electron chi connectivity index (χ3n) is 8.73. The van der Waals surface area contributed by atoms with E-state index in [1.54, 1.807) is 0 Å². The van der Waals surface area contributed by atoms with Crippen molar-refractivity contribution < 1.29 is 0 Å². The van der Waals surface area contributed by atoms with Gasteiger partial charge in [0.25, 0.3) is 0 Å². The van der Waals surface area contributed by atoms with Crippen LogP contribution in [-0.2, 0) is 0 Å². The maximum atomic E-state index is 5.26. The second-order valence-electron chi connectivity index (χ2n) is 11.6. The number of benzene rings is 4. The number of hydrogen-bond donors (Lipinski definition) is 0. The normalized spacial score (nSPS) is 17.1. The molecule has 2 aliphatic carbocycles. The van der Waals surface area contributed by atoms with Crippen molar-refractivity contribution in [2.24, 2.45) is 4.99 Å². The topological polar surface area (TPSA) is 25.2 Å². The van der Waals surface area contributed by atoms with Gasteiger partial charge in [-0.3, -0.25) is 4.99 Å². The standard InChI is InChI=1S/C41H36N2/c1-3-24-42-41-28(2)10-9-15-36(41)31-17-19-32(20-18-31)38-27-39(35-21-16-30-13-7-8-14-33(30)25-35)43-40-26-34(22-23-37(38)40)29-11-5-4-6-12-29/h4-8,11-19,21-27,32H,3,9-10,20H2,1-2H3. The summed E-state index contributed by atoms with van der Waals surface area (Å²) in [6, 6.07) is 34.9. The molecule has 0 aliphatic heterocycles. The van der Waals surface area contributed by atoms with E-state index >= 15 is 0 Å². The summed E-state index contributed by atoms with van der Waals surface area (Å²) in [7, 11) is 0. The van der Waals surface area contributed by atoms with Gasteiger partial charge in [0.2, 0.25) is 0 Å². The van der Waals surface area contributed by atoms with E-state index in [1.807, 2.05) is 6.21 Å². The number of fused-ring (bicyclic) bond motifs is 2. The molecule has 0 spiro atoms. The van der Waals surface area contributed by atoms with Gasteiger partial charge in [0.1, 0.15) is 0 Å². The van der Waals surface area contributed by atoms with Crippen LogP contribution in [0.15, 0.2) is 149 Å². The summed E-state index contributed by atoms with van der Waals surface area (Å²) in [5, 5.41) is 3.70. The Balaban J connectivity index is 1.30. The predicted octanol–water partition coefficient (Wildman–Crippen LogP) is 11.2. The average molecular weight is 557 g/mol. The molecule has 1 atom stereocenters. The van der Waals surface area contributed by atoms with Crippen LogP contribution in [0.5, 0.6) is 0 Å². The molecule has 0 radical (unpaired) electrons. The summed E-state index contributed by atoms with van der Waals surface area (Å²) >= 11 is 0. The van der Waals surface area contributed by atoms with Gasteiger partial charge in [-0.05, 0) is 89.4 Å². The number of rotatable bonds is 6. The molecule has 1 heterocycles. The molecule has 43 heavy (non-hydrogen) atoms. The van der Waals surface area contributed by atoms with E-state index in [2.05, 4.69) is 135 Å². The van der Waals surface area contributed by atoms with Gasteiger partial charge in [-0.1, -0.05) is 110 Å². The molecule has 4 aromatic carbocycles. The number of aliphatic imine (C=N–C) groups is 1. The van der Waals surface area contributed by atoms with Crippen LogP contribution >= 0.6 is 0 Å². The van der Waals surface area contributed by atoms with Crippen LogP contribution in [-0.4, -0.2) is 11.2 Å². The average Bonchev–Trinajstić information content (AvgIpc) is 3.07. The zero-order chi connectivity index (χ0) is 29.2. The van der Waals surface area contributed by atoms with Gasteiger partial charge in [0.05, 0.1) is 16.9 Å². The number of aromatic nitrogens is 1. The predicted molar refractivity (Wildman–Crippen MR) is 184 cm³/mol. The molecular formula is C41H36N2. The Bertz CT molecular complexity index is 1990. The highest BCUT2D eigenvalue weighted by Gasteiger charge is 2.21. The first-order valence-electron chi connectivity index (χ1n) is 15.5. The molecule has 7 rings (SSSR count). The molecule has 0 amide bonds. The van der Waals surface area contributed by atoms with Gasteiger partial charge >= 0.3 is 0 Å². The Labute approximate surface area is 254 Å². The van der Waals surface area contributed by atoms with Gasteiger partial charge in [-0.15, -0.1) is 0 Å². The zero-order valence-corrected chi connectivity index (χ0v) is 24.9. The Kier molecular flexibility index (Phi) is 7.43. The lowest BCUT2D eigenvalue weighted by atomic mass is 9.83. The van der Waals surface area contributed by atoms with Crippen molar-refractivity contribution in [1.29, 1.82) is 0 Å². The molecule has 0 N–H and O–H groups in total.